The van der Waals surface area contributed by atoms with E-state index in [1.165, 1.54) is 4.90 Å². The van der Waals surface area contributed by atoms with E-state index in [4.69, 9.17) is 0 Å². The fraction of sp³-hybridized carbons (Fsp3) is 0.333. The Balaban J connectivity index is 1.82. The lowest BCUT2D eigenvalue weighted by Gasteiger charge is -2.26. The predicted molar refractivity (Wildman–Crippen MR) is 75.8 cm³/mol. The lowest BCUT2D eigenvalue weighted by Crippen LogP contribution is -2.39. The van der Waals surface area contributed by atoms with Crippen LogP contribution in [0.1, 0.15) is 18.2 Å². The van der Waals surface area contributed by atoms with Crippen LogP contribution in [0.3, 0.4) is 0 Å². The van der Waals surface area contributed by atoms with E-state index in [2.05, 4.69) is 4.98 Å². The van der Waals surface area contributed by atoms with Gasteiger partial charge in [-0.1, -0.05) is 0 Å². The second-order valence-corrected chi connectivity index (χ2v) is 5.52. The summed E-state index contributed by atoms with van der Waals surface area (Å²) in [6.07, 6.45) is 0.500. The van der Waals surface area contributed by atoms with E-state index in [1.54, 1.807) is 24.0 Å². The Morgan fingerprint density at radius 3 is 2.95 bits per heavy atom. The third-order valence-corrected chi connectivity index (χ3v) is 4.42. The van der Waals surface area contributed by atoms with Crippen molar-refractivity contribution in [1.29, 1.82) is 0 Å². The number of aromatic hydroxyl groups is 1. The second kappa shape index (κ2) is 4.00. The molecule has 6 heteroatoms. The fourth-order valence-corrected chi connectivity index (χ4v) is 3.39. The van der Waals surface area contributed by atoms with Gasteiger partial charge in [-0.05, 0) is 30.7 Å². The molecule has 0 radical (unpaired) electrons. The summed E-state index contributed by atoms with van der Waals surface area (Å²) >= 11 is 0. The first-order valence-electron chi connectivity index (χ1n) is 7.04. The SMILES string of the molecule is CCN1C(=O)C2Cc3c([nH]c4ccc(O)cc34)CN2C1=O. The van der Waals surface area contributed by atoms with Crippen LogP contribution < -0.4 is 0 Å². The number of likely N-dealkylation sites (N-methyl/N-ethyl adjacent to an activating group) is 1. The molecule has 4 rings (SSSR count). The maximum absolute atomic E-state index is 12.3. The number of hydrogen-bond acceptors (Lipinski definition) is 3. The topological polar surface area (TPSA) is 76.6 Å². The lowest BCUT2D eigenvalue weighted by atomic mass is 9.97. The van der Waals surface area contributed by atoms with E-state index < -0.39 is 6.04 Å². The Labute approximate surface area is 121 Å². The van der Waals surface area contributed by atoms with Crippen LogP contribution >= 0.6 is 0 Å². The van der Waals surface area contributed by atoms with E-state index in [9.17, 15) is 14.7 Å². The number of benzene rings is 1. The van der Waals surface area contributed by atoms with Gasteiger partial charge in [0.2, 0.25) is 0 Å². The summed E-state index contributed by atoms with van der Waals surface area (Å²) in [6.45, 7) is 2.62. The first-order chi connectivity index (χ1) is 10.1. The highest BCUT2D eigenvalue weighted by molar-refractivity contribution is 6.05. The van der Waals surface area contributed by atoms with Crippen LogP contribution in [0, 0.1) is 0 Å². The number of carbonyl (C=O) groups excluding carboxylic acids is 2. The van der Waals surface area contributed by atoms with Crippen LogP contribution in [0.15, 0.2) is 18.2 Å². The zero-order chi connectivity index (χ0) is 14.7. The highest BCUT2D eigenvalue weighted by Gasteiger charge is 2.47. The van der Waals surface area contributed by atoms with Gasteiger partial charge in [0, 0.05) is 29.6 Å². The molecule has 0 bridgehead atoms. The molecule has 2 aliphatic heterocycles. The second-order valence-electron chi connectivity index (χ2n) is 5.52. The molecule has 3 heterocycles. The summed E-state index contributed by atoms with van der Waals surface area (Å²) in [5.74, 6) is 0.0818. The van der Waals surface area contributed by atoms with Gasteiger partial charge in [-0.3, -0.25) is 9.69 Å². The van der Waals surface area contributed by atoms with Gasteiger partial charge in [-0.25, -0.2) is 4.79 Å². The number of aromatic nitrogens is 1. The number of fused-ring (bicyclic) bond motifs is 4. The zero-order valence-electron chi connectivity index (χ0n) is 11.6. The van der Waals surface area contributed by atoms with Gasteiger partial charge >= 0.3 is 6.03 Å². The number of imide groups is 1. The van der Waals surface area contributed by atoms with Crippen LogP contribution in [-0.4, -0.2) is 44.4 Å². The van der Waals surface area contributed by atoms with E-state index in [1.807, 2.05) is 6.07 Å². The Morgan fingerprint density at radius 2 is 2.19 bits per heavy atom. The van der Waals surface area contributed by atoms with Gasteiger partial charge in [-0.2, -0.15) is 0 Å². The average molecular weight is 285 g/mol. The van der Waals surface area contributed by atoms with Crippen molar-refractivity contribution in [2.24, 2.45) is 0 Å². The quantitative estimate of drug-likeness (QED) is 0.781. The number of nitrogens with one attached hydrogen (secondary N) is 1. The number of phenolic OH excluding ortho intramolecular Hbond substituents is 1. The Hall–Kier alpha value is -2.50. The smallest absolute Gasteiger partial charge is 0.327 e. The minimum absolute atomic E-state index is 0.123. The minimum atomic E-state index is -0.411. The Morgan fingerprint density at radius 1 is 1.38 bits per heavy atom. The molecular formula is C15H15N3O3. The third-order valence-electron chi connectivity index (χ3n) is 4.42. The number of hydrogen-bond donors (Lipinski definition) is 2. The summed E-state index contributed by atoms with van der Waals surface area (Å²) in [5.41, 5.74) is 2.90. The predicted octanol–water partition coefficient (Wildman–Crippen LogP) is 1.58. The van der Waals surface area contributed by atoms with Crippen LogP contribution in [0.2, 0.25) is 0 Å². The van der Waals surface area contributed by atoms with Gasteiger partial charge in [0.1, 0.15) is 11.8 Å². The van der Waals surface area contributed by atoms with E-state index >= 15 is 0 Å². The summed E-state index contributed by atoms with van der Waals surface area (Å²) in [4.78, 5) is 30.8. The molecule has 2 aliphatic rings. The molecule has 1 aromatic carbocycles. The van der Waals surface area contributed by atoms with Gasteiger partial charge in [0.15, 0.2) is 0 Å². The maximum atomic E-state index is 12.3. The number of H-pyrrole nitrogens is 1. The first-order valence-corrected chi connectivity index (χ1v) is 7.04. The van der Waals surface area contributed by atoms with Crippen LogP contribution in [0.4, 0.5) is 4.79 Å². The van der Waals surface area contributed by atoms with Gasteiger partial charge < -0.3 is 15.0 Å². The maximum Gasteiger partial charge on any atom is 0.327 e. The molecule has 1 aromatic heterocycles. The van der Waals surface area contributed by atoms with Crippen LogP contribution in [-0.2, 0) is 17.8 Å². The molecule has 108 valence electrons. The summed E-state index contributed by atoms with van der Waals surface area (Å²) < 4.78 is 0. The zero-order valence-corrected chi connectivity index (χ0v) is 11.6. The molecule has 1 saturated heterocycles. The molecule has 1 fully saturated rings. The molecular weight excluding hydrogens is 270 g/mol. The van der Waals surface area contributed by atoms with Crippen molar-refractivity contribution < 1.29 is 14.7 Å². The fourth-order valence-electron chi connectivity index (χ4n) is 3.39. The van der Waals surface area contributed by atoms with Crippen molar-refractivity contribution in [3.05, 3.63) is 29.5 Å². The molecule has 6 nitrogen and oxygen atoms in total. The molecule has 0 spiro atoms. The van der Waals surface area contributed by atoms with Gasteiger partial charge in [0.25, 0.3) is 5.91 Å². The highest BCUT2D eigenvalue weighted by Crippen LogP contribution is 2.35. The van der Waals surface area contributed by atoms with Crippen molar-refractivity contribution in [1.82, 2.24) is 14.8 Å². The number of urea groups is 1. The standard InChI is InChI=1S/C15H15N3O3/c1-2-17-14(20)13-6-10-9-5-8(19)3-4-11(9)16-12(10)7-18(13)15(17)21/h3-5,13,16,19H,2,6-7H2,1H3. The highest BCUT2D eigenvalue weighted by atomic mass is 16.3. The summed E-state index contributed by atoms with van der Waals surface area (Å²) in [6, 6.07) is 4.53. The van der Waals surface area contributed by atoms with Crippen molar-refractivity contribution in [3.8, 4) is 5.75 Å². The van der Waals surface area contributed by atoms with Crippen molar-refractivity contribution in [3.63, 3.8) is 0 Å². The van der Waals surface area contributed by atoms with Gasteiger partial charge in [-0.15, -0.1) is 0 Å². The molecule has 1 atom stereocenters. The number of nitrogens with zero attached hydrogens (tertiary/aromatic N) is 2. The number of phenols is 1. The number of amides is 3. The van der Waals surface area contributed by atoms with E-state index in [-0.39, 0.29) is 17.7 Å². The molecule has 0 aliphatic carbocycles. The number of rotatable bonds is 1. The minimum Gasteiger partial charge on any atom is -0.508 e. The van der Waals surface area contributed by atoms with Crippen LogP contribution in [0.5, 0.6) is 5.75 Å². The number of aromatic amines is 1. The largest absolute Gasteiger partial charge is 0.508 e. The molecule has 1 unspecified atom stereocenters. The Bertz CT molecular complexity index is 780. The summed E-state index contributed by atoms with van der Waals surface area (Å²) in [7, 11) is 0. The van der Waals surface area contributed by atoms with Gasteiger partial charge in [0.05, 0.1) is 6.54 Å². The molecule has 2 N–H and O–H groups in total. The number of carbonyl (C=O) groups is 2. The Kier molecular flexibility index (Phi) is 2.34. The van der Waals surface area contributed by atoms with Crippen molar-refractivity contribution in [2.45, 2.75) is 25.9 Å². The van der Waals surface area contributed by atoms with Crippen LogP contribution in [0.25, 0.3) is 10.9 Å². The normalized spacial score (nSPS) is 21.1. The van der Waals surface area contributed by atoms with E-state index in [0.717, 1.165) is 22.2 Å². The van der Waals surface area contributed by atoms with E-state index in [0.29, 0.717) is 19.5 Å². The third kappa shape index (κ3) is 1.53. The monoisotopic (exact) mass is 285 g/mol. The average Bonchev–Trinajstić information content (AvgIpc) is 2.93. The lowest BCUT2D eigenvalue weighted by molar-refractivity contribution is -0.128. The molecule has 21 heavy (non-hydrogen) atoms. The molecule has 2 aromatic rings. The van der Waals surface area contributed by atoms with Crippen molar-refractivity contribution in [2.75, 3.05) is 6.54 Å². The molecule has 3 amide bonds. The first kappa shape index (κ1) is 12.3. The van der Waals surface area contributed by atoms with Crippen molar-refractivity contribution >= 4 is 22.8 Å². The summed E-state index contributed by atoms with van der Waals surface area (Å²) in [5, 5.41) is 10.6. The molecule has 0 saturated carbocycles.